The van der Waals surface area contributed by atoms with Gasteiger partial charge in [0, 0.05) is 6.04 Å². The smallest absolute Gasteiger partial charge is 0.338 e. The summed E-state index contributed by atoms with van der Waals surface area (Å²) in [6, 6.07) is 4.72. The van der Waals surface area contributed by atoms with E-state index in [4.69, 9.17) is 4.74 Å². The Morgan fingerprint density at radius 1 is 1.14 bits per heavy atom. The first-order valence-electron chi connectivity index (χ1n) is 6.37. The van der Waals surface area contributed by atoms with E-state index in [1.165, 1.54) is 12.1 Å². The number of carbonyl (C=O) groups excluding carboxylic acids is 3. The number of carbonyl (C=O) groups is 3. The molecule has 0 fully saturated rings. The Morgan fingerprint density at radius 3 is 2.33 bits per heavy atom. The molecule has 0 aliphatic heterocycles. The van der Waals surface area contributed by atoms with Gasteiger partial charge in [-0.25, -0.2) is 9.18 Å². The molecule has 0 saturated carbocycles. The molecule has 0 spiro atoms. The van der Waals surface area contributed by atoms with Gasteiger partial charge in [0.2, 0.25) is 5.91 Å². The molecule has 0 radical (unpaired) electrons. The van der Waals surface area contributed by atoms with Crippen LogP contribution in [-0.2, 0) is 14.3 Å². The molecule has 0 bridgehead atoms. The van der Waals surface area contributed by atoms with Gasteiger partial charge in [-0.2, -0.15) is 0 Å². The third-order valence-corrected chi connectivity index (χ3v) is 2.31. The average Bonchev–Trinajstić information content (AvgIpc) is 2.42. The summed E-state index contributed by atoms with van der Waals surface area (Å²) in [5.41, 5.74) is 0.141. The number of hydrogen-bond acceptors (Lipinski definition) is 4. The van der Waals surface area contributed by atoms with Gasteiger partial charge in [0.1, 0.15) is 5.82 Å². The van der Waals surface area contributed by atoms with E-state index >= 15 is 0 Å². The van der Waals surface area contributed by atoms with Crippen molar-refractivity contribution in [2.75, 3.05) is 13.2 Å². The summed E-state index contributed by atoms with van der Waals surface area (Å²) in [6.45, 7) is 2.89. The monoisotopic (exact) mass is 296 g/mol. The second-order valence-corrected chi connectivity index (χ2v) is 4.58. The first kappa shape index (κ1) is 16.6. The fourth-order valence-corrected chi connectivity index (χ4v) is 1.40. The Labute approximate surface area is 121 Å². The van der Waals surface area contributed by atoms with Crippen molar-refractivity contribution in [1.29, 1.82) is 0 Å². The van der Waals surface area contributed by atoms with Crippen LogP contribution in [0.25, 0.3) is 0 Å². The minimum atomic E-state index is -0.739. The highest BCUT2D eigenvalue weighted by Crippen LogP contribution is 2.04. The molecule has 0 heterocycles. The first-order valence-corrected chi connectivity index (χ1v) is 6.37. The van der Waals surface area contributed by atoms with Gasteiger partial charge in [-0.05, 0) is 38.1 Å². The maximum atomic E-state index is 12.7. The summed E-state index contributed by atoms with van der Waals surface area (Å²) < 4.78 is 17.4. The third kappa shape index (κ3) is 6.51. The fourth-order valence-electron chi connectivity index (χ4n) is 1.40. The van der Waals surface area contributed by atoms with Gasteiger partial charge in [-0.15, -0.1) is 0 Å². The van der Waals surface area contributed by atoms with Crippen LogP contribution in [0.2, 0.25) is 0 Å². The predicted octanol–water partition coefficient (Wildman–Crippen LogP) is 0.623. The Kier molecular flexibility index (Phi) is 6.32. The van der Waals surface area contributed by atoms with Crippen molar-refractivity contribution in [1.82, 2.24) is 10.6 Å². The topological polar surface area (TPSA) is 84.5 Å². The number of halogens is 1. The normalized spacial score (nSPS) is 10.1. The molecule has 0 unspecified atom stereocenters. The number of nitrogens with one attached hydrogen (secondary N) is 2. The zero-order valence-electron chi connectivity index (χ0n) is 11.8. The molecule has 6 nitrogen and oxygen atoms in total. The molecule has 114 valence electrons. The zero-order valence-corrected chi connectivity index (χ0v) is 11.8. The van der Waals surface area contributed by atoms with E-state index in [2.05, 4.69) is 10.6 Å². The number of amides is 2. The van der Waals surface area contributed by atoms with Crippen molar-refractivity contribution < 1.29 is 23.5 Å². The molecule has 2 N–H and O–H groups in total. The van der Waals surface area contributed by atoms with Crippen molar-refractivity contribution >= 4 is 17.8 Å². The highest BCUT2D eigenvalue weighted by molar-refractivity contribution is 5.92. The summed E-state index contributed by atoms with van der Waals surface area (Å²) in [7, 11) is 0. The molecule has 0 aliphatic rings. The van der Waals surface area contributed by atoms with Gasteiger partial charge >= 0.3 is 5.97 Å². The molecule has 0 aliphatic carbocycles. The van der Waals surface area contributed by atoms with Crippen molar-refractivity contribution in [3.05, 3.63) is 35.6 Å². The number of ether oxygens (including phenoxy) is 1. The van der Waals surface area contributed by atoms with E-state index in [1.807, 2.05) is 0 Å². The van der Waals surface area contributed by atoms with Crippen molar-refractivity contribution in [3.63, 3.8) is 0 Å². The van der Waals surface area contributed by atoms with E-state index < -0.39 is 24.3 Å². The van der Waals surface area contributed by atoms with Crippen LogP contribution in [0.5, 0.6) is 0 Å². The zero-order chi connectivity index (χ0) is 15.8. The quantitative estimate of drug-likeness (QED) is 0.754. The van der Waals surface area contributed by atoms with Crippen molar-refractivity contribution in [2.45, 2.75) is 19.9 Å². The van der Waals surface area contributed by atoms with Gasteiger partial charge in [0.05, 0.1) is 12.1 Å². The lowest BCUT2D eigenvalue weighted by Crippen LogP contribution is -2.41. The van der Waals surface area contributed by atoms with E-state index in [1.54, 1.807) is 13.8 Å². The van der Waals surface area contributed by atoms with E-state index in [9.17, 15) is 18.8 Å². The van der Waals surface area contributed by atoms with E-state index in [0.29, 0.717) is 0 Å². The summed E-state index contributed by atoms with van der Waals surface area (Å²) in [5.74, 6) is -2.13. The van der Waals surface area contributed by atoms with Crippen LogP contribution < -0.4 is 10.6 Å². The van der Waals surface area contributed by atoms with Gasteiger partial charge in [-0.1, -0.05) is 0 Å². The number of hydrogen-bond donors (Lipinski definition) is 2. The maximum absolute atomic E-state index is 12.7. The molecule has 2 amide bonds. The Hall–Kier alpha value is -2.44. The molecule has 1 aromatic rings. The summed E-state index contributed by atoms with van der Waals surface area (Å²) in [5, 5.41) is 4.91. The molecular weight excluding hydrogens is 279 g/mol. The van der Waals surface area contributed by atoms with Gasteiger partial charge in [0.25, 0.3) is 5.91 Å². The Balaban J connectivity index is 2.31. The fraction of sp³-hybridized carbons (Fsp3) is 0.357. The number of esters is 1. The van der Waals surface area contributed by atoms with Crippen LogP contribution in [0.4, 0.5) is 4.39 Å². The van der Waals surface area contributed by atoms with Crippen LogP contribution in [0.1, 0.15) is 24.2 Å². The van der Waals surface area contributed by atoms with Crippen LogP contribution >= 0.6 is 0 Å². The van der Waals surface area contributed by atoms with Crippen LogP contribution in [0.3, 0.4) is 0 Å². The minimum Gasteiger partial charge on any atom is -0.452 e. The maximum Gasteiger partial charge on any atom is 0.338 e. The highest BCUT2D eigenvalue weighted by atomic mass is 19.1. The SMILES string of the molecule is CC(C)NC(=O)CNC(=O)COC(=O)c1ccc(F)cc1. The summed E-state index contributed by atoms with van der Waals surface area (Å²) >= 11 is 0. The summed E-state index contributed by atoms with van der Waals surface area (Å²) in [6.07, 6.45) is 0. The largest absolute Gasteiger partial charge is 0.452 e. The lowest BCUT2D eigenvalue weighted by atomic mass is 10.2. The Bertz CT molecular complexity index is 514. The molecule has 1 rings (SSSR count). The Morgan fingerprint density at radius 2 is 1.76 bits per heavy atom. The molecule has 7 heteroatoms. The molecule has 0 atom stereocenters. The van der Waals surface area contributed by atoms with Gasteiger partial charge in [-0.3, -0.25) is 9.59 Å². The van der Waals surface area contributed by atoms with Crippen molar-refractivity contribution in [3.8, 4) is 0 Å². The molecule has 1 aromatic carbocycles. The van der Waals surface area contributed by atoms with E-state index in [-0.39, 0.29) is 24.1 Å². The molecular formula is C14H17FN2O4. The molecule has 0 aromatic heterocycles. The summed E-state index contributed by atoms with van der Waals surface area (Å²) in [4.78, 5) is 34.2. The van der Waals surface area contributed by atoms with Gasteiger partial charge in [0.15, 0.2) is 6.61 Å². The minimum absolute atomic E-state index is 0.0225. The highest BCUT2D eigenvalue weighted by Gasteiger charge is 2.11. The third-order valence-electron chi connectivity index (χ3n) is 2.31. The number of rotatable bonds is 6. The van der Waals surface area contributed by atoms with E-state index in [0.717, 1.165) is 12.1 Å². The predicted molar refractivity (Wildman–Crippen MR) is 73.0 cm³/mol. The van der Waals surface area contributed by atoms with Crippen LogP contribution in [0.15, 0.2) is 24.3 Å². The van der Waals surface area contributed by atoms with Crippen molar-refractivity contribution in [2.24, 2.45) is 0 Å². The van der Waals surface area contributed by atoms with Crippen LogP contribution in [-0.4, -0.2) is 37.0 Å². The number of benzene rings is 1. The lowest BCUT2D eigenvalue weighted by molar-refractivity contribution is -0.128. The lowest BCUT2D eigenvalue weighted by Gasteiger charge is -2.09. The first-order chi connectivity index (χ1) is 9.88. The van der Waals surface area contributed by atoms with Gasteiger partial charge < -0.3 is 15.4 Å². The molecule has 21 heavy (non-hydrogen) atoms. The second-order valence-electron chi connectivity index (χ2n) is 4.58. The van der Waals surface area contributed by atoms with Crippen LogP contribution in [0, 0.1) is 5.82 Å². The molecule has 0 saturated heterocycles. The standard InChI is InChI=1S/C14H17FN2O4/c1-9(2)17-12(18)7-16-13(19)8-21-14(20)10-3-5-11(15)6-4-10/h3-6,9H,7-8H2,1-2H3,(H,16,19)(H,17,18). The second kappa shape index (κ2) is 7.98. The average molecular weight is 296 g/mol.